The molecule has 2 aliphatic rings. The van der Waals surface area contributed by atoms with Crippen LogP contribution >= 0.6 is 24.0 Å². The van der Waals surface area contributed by atoms with Crippen molar-refractivity contribution in [1.82, 2.24) is 15.1 Å². The van der Waals surface area contributed by atoms with E-state index in [-0.39, 0.29) is 24.0 Å². The second-order valence-corrected chi connectivity index (χ2v) is 7.54. The standard InChI is InChI=1S/C20H33N5.HI/c1-16-13-18(23(3)4)8-7-17(16)14-22-20(21-2)25-12-9-19(15-25)24-10-5-6-11-24;/h7-8,13,19H,5-6,9-12,14-15H2,1-4H3,(H,21,22);1H. The molecule has 1 atom stereocenters. The molecule has 2 fully saturated rings. The molecule has 2 aliphatic heterocycles. The molecule has 2 saturated heterocycles. The van der Waals surface area contributed by atoms with Crippen molar-refractivity contribution in [2.45, 2.75) is 38.8 Å². The Bertz CT molecular complexity index is 610. The first-order chi connectivity index (χ1) is 12.1. The Morgan fingerprint density at radius 2 is 1.96 bits per heavy atom. The van der Waals surface area contributed by atoms with E-state index in [1.807, 2.05) is 7.05 Å². The number of halogens is 1. The zero-order valence-electron chi connectivity index (χ0n) is 16.7. The highest BCUT2D eigenvalue weighted by Crippen LogP contribution is 2.21. The summed E-state index contributed by atoms with van der Waals surface area (Å²) in [5.74, 6) is 1.04. The van der Waals surface area contributed by atoms with Gasteiger partial charge in [0.2, 0.25) is 0 Å². The molecule has 0 amide bonds. The molecule has 0 aromatic heterocycles. The summed E-state index contributed by atoms with van der Waals surface area (Å²) in [5.41, 5.74) is 3.91. The van der Waals surface area contributed by atoms with E-state index in [9.17, 15) is 0 Å². The van der Waals surface area contributed by atoms with Gasteiger partial charge in [-0.25, -0.2) is 0 Å². The zero-order chi connectivity index (χ0) is 17.8. The molecule has 1 N–H and O–H groups in total. The Labute approximate surface area is 175 Å². The molecule has 1 unspecified atom stereocenters. The number of rotatable bonds is 4. The molecule has 0 bridgehead atoms. The van der Waals surface area contributed by atoms with Crippen LogP contribution in [-0.4, -0.2) is 69.1 Å². The molecule has 0 radical (unpaired) electrons. The number of hydrogen-bond acceptors (Lipinski definition) is 3. The maximum atomic E-state index is 4.53. The lowest BCUT2D eigenvalue weighted by Crippen LogP contribution is -2.42. The van der Waals surface area contributed by atoms with Crippen LogP contribution in [0.25, 0.3) is 0 Å². The van der Waals surface area contributed by atoms with Gasteiger partial charge in [0.05, 0.1) is 0 Å². The topological polar surface area (TPSA) is 34.1 Å². The Morgan fingerprint density at radius 3 is 2.58 bits per heavy atom. The first-order valence-corrected chi connectivity index (χ1v) is 9.55. The van der Waals surface area contributed by atoms with Gasteiger partial charge in [-0.2, -0.15) is 0 Å². The van der Waals surface area contributed by atoms with Gasteiger partial charge >= 0.3 is 0 Å². The number of hydrogen-bond donors (Lipinski definition) is 1. The summed E-state index contributed by atoms with van der Waals surface area (Å²) in [6, 6.07) is 7.37. The molecule has 1 aromatic rings. The first-order valence-electron chi connectivity index (χ1n) is 9.55. The fraction of sp³-hybridized carbons (Fsp3) is 0.650. The first kappa shape index (κ1) is 21.3. The molecule has 0 saturated carbocycles. The summed E-state index contributed by atoms with van der Waals surface area (Å²) in [5, 5.41) is 3.57. The summed E-state index contributed by atoms with van der Waals surface area (Å²) in [4.78, 5) is 11.8. The normalized spacial score (nSPS) is 21.0. The van der Waals surface area contributed by atoms with E-state index >= 15 is 0 Å². The Kier molecular flexibility index (Phi) is 8.01. The Hall–Kier alpha value is -1.02. The molecule has 146 valence electrons. The lowest BCUT2D eigenvalue weighted by atomic mass is 10.1. The number of nitrogens with zero attached hydrogens (tertiary/aromatic N) is 4. The summed E-state index contributed by atoms with van der Waals surface area (Å²) >= 11 is 0. The highest BCUT2D eigenvalue weighted by Gasteiger charge is 2.30. The number of guanidine groups is 1. The molecule has 0 aliphatic carbocycles. The van der Waals surface area contributed by atoms with E-state index < -0.39 is 0 Å². The minimum absolute atomic E-state index is 0. The van der Waals surface area contributed by atoms with Crippen molar-refractivity contribution in [3.63, 3.8) is 0 Å². The van der Waals surface area contributed by atoms with Gasteiger partial charge < -0.3 is 15.1 Å². The minimum atomic E-state index is 0. The third-order valence-electron chi connectivity index (χ3n) is 5.61. The third kappa shape index (κ3) is 5.03. The van der Waals surface area contributed by atoms with E-state index in [4.69, 9.17) is 0 Å². The summed E-state index contributed by atoms with van der Waals surface area (Å²) < 4.78 is 0. The number of benzene rings is 1. The molecule has 26 heavy (non-hydrogen) atoms. The summed E-state index contributed by atoms with van der Waals surface area (Å²) in [6.45, 7) is 7.80. The number of likely N-dealkylation sites (tertiary alicyclic amines) is 2. The molecular weight excluding hydrogens is 437 g/mol. The molecule has 6 heteroatoms. The van der Waals surface area contributed by atoms with E-state index in [1.54, 1.807) is 0 Å². The minimum Gasteiger partial charge on any atom is -0.378 e. The van der Waals surface area contributed by atoms with Crippen LogP contribution in [0.5, 0.6) is 0 Å². The van der Waals surface area contributed by atoms with Crippen LogP contribution in [0.2, 0.25) is 0 Å². The highest BCUT2D eigenvalue weighted by atomic mass is 127. The van der Waals surface area contributed by atoms with Crippen molar-refractivity contribution >= 4 is 35.6 Å². The molecule has 1 aromatic carbocycles. The summed E-state index contributed by atoms with van der Waals surface area (Å²) in [7, 11) is 6.06. The zero-order valence-corrected chi connectivity index (χ0v) is 19.0. The van der Waals surface area contributed by atoms with Gasteiger partial charge in [-0.3, -0.25) is 9.89 Å². The molecule has 3 rings (SSSR count). The van der Waals surface area contributed by atoms with Gasteiger partial charge in [0.1, 0.15) is 0 Å². The smallest absolute Gasteiger partial charge is 0.193 e. The second-order valence-electron chi connectivity index (χ2n) is 7.54. The van der Waals surface area contributed by atoms with Crippen molar-refractivity contribution in [3.05, 3.63) is 29.3 Å². The van der Waals surface area contributed by atoms with Crippen LogP contribution in [0.3, 0.4) is 0 Å². The predicted molar refractivity (Wildman–Crippen MR) is 122 cm³/mol. The average molecular weight is 471 g/mol. The number of anilines is 1. The number of nitrogens with one attached hydrogen (secondary N) is 1. The molecule has 2 heterocycles. The van der Waals surface area contributed by atoms with Gasteiger partial charge in [0, 0.05) is 52.5 Å². The van der Waals surface area contributed by atoms with Crippen molar-refractivity contribution < 1.29 is 0 Å². The fourth-order valence-electron chi connectivity index (χ4n) is 4.00. The highest BCUT2D eigenvalue weighted by molar-refractivity contribution is 14.0. The van der Waals surface area contributed by atoms with Crippen LogP contribution in [0.4, 0.5) is 5.69 Å². The maximum Gasteiger partial charge on any atom is 0.193 e. The maximum absolute atomic E-state index is 4.53. The van der Waals surface area contributed by atoms with Gasteiger partial charge in [-0.1, -0.05) is 6.07 Å². The number of aryl methyl sites for hydroxylation is 1. The predicted octanol–water partition coefficient (Wildman–Crippen LogP) is 2.92. The molecule has 5 nitrogen and oxygen atoms in total. The van der Waals surface area contributed by atoms with Crippen LogP contribution in [0.1, 0.15) is 30.4 Å². The van der Waals surface area contributed by atoms with E-state index in [0.717, 1.165) is 25.6 Å². The van der Waals surface area contributed by atoms with Crippen LogP contribution < -0.4 is 10.2 Å². The van der Waals surface area contributed by atoms with Crippen molar-refractivity contribution in [1.29, 1.82) is 0 Å². The van der Waals surface area contributed by atoms with Crippen molar-refractivity contribution in [3.8, 4) is 0 Å². The number of aliphatic imine (C=N–C) groups is 1. The van der Waals surface area contributed by atoms with Gasteiger partial charge in [-0.05, 0) is 62.5 Å². The van der Waals surface area contributed by atoms with Crippen molar-refractivity contribution in [2.24, 2.45) is 4.99 Å². The quantitative estimate of drug-likeness (QED) is 0.416. The molecular formula is C20H34IN5. The lowest BCUT2D eigenvalue weighted by molar-refractivity contribution is 0.249. The van der Waals surface area contributed by atoms with E-state index in [1.165, 1.54) is 49.2 Å². The van der Waals surface area contributed by atoms with Gasteiger partial charge in [0.25, 0.3) is 0 Å². The second kappa shape index (κ2) is 9.78. The third-order valence-corrected chi connectivity index (χ3v) is 5.61. The van der Waals surface area contributed by atoms with Crippen LogP contribution in [0, 0.1) is 6.92 Å². The van der Waals surface area contributed by atoms with Crippen LogP contribution in [0.15, 0.2) is 23.2 Å². The monoisotopic (exact) mass is 471 g/mol. The lowest BCUT2D eigenvalue weighted by Gasteiger charge is -2.25. The molecule has 0 spiro atoms. The largest absolute Gasteiger partial charge is 0.378 e. The van der Waals surface area contributed by atoms with E-state index in [0.29, 0.717) is 6.04 Å². The van der Waals surface area contributed by atoms with Gasteiger partial charge in [0.15, 0.2) is 5.96 Å². The van der Waals surface area contributed by atoms with E-state index in [2.05, 4.69) is 64.2 Å². The average Bonchev–Trinajstić information content (AvgIpc) is 3.27. The van der Waals surface area contributed by atoms with Crippen molar-refractivity contribution in [2.75, 3.05) is 52.2 Å². The van der Waals surface area contributed by atoms with Gasteiger partial charge in [-0.15, -0.1) is 24.0 Å². The summed E-state index contributed by atoms with van der Waals surface area (Å²) in [6.07, 6.45) is 3.99. The Balaban J connectivity index is 0.00000243. The Morgan fingerprint density at radius 1 is 1.23 bits per heavy atom. The fourth-order valence-corrected chi connectivity index (χ4v) is 4.00. The SMILES string of the molecule is CN=C(NCc1ccc(N(C)C)cc1C)N1CCC(N2CCCC2)C1.I. The van der Waals surface area contributed by atoms with Crippen LogP contribution in [-0.2, 0) is 6.54 Å².